The van der Waals surface area contributed by atoms with Crippen LogP contribution in [-0.2, 0) is 0 Å². The number of hydrogen-bond donors (Lipinski definition) is 1. The quantitative estimate of drug-likeness (QED) is 0.558. The van der Waals surface area contributed by atoms with Gasteiger partial charge in [-0.05, 0) is 48.4 Å². The zero-order valence-corrected chi connectivity index (χ0v) is 17.2. The minimum absolute atomic E-state index is 0.756. The highest BCUT2D eigenvalue weighted by atomic mass is 127. The highest BCUT2D eigenvalue weighted by Gasteiger charge is 2.15. The van der Waals surface area contributed by atoms with Crippen molar-refractivity contribution < 1.29 is 3.07 Å². The third kappa shape index (κ3) is 3.89. The number of nitrogens with one attached hydrogen (secondary N) is 1. The molecule has 1 aliphatic rings. The van der Waals surface area contributed by atoms with E-state index in [1.165, 1.54) is 5.57 Å². The van der Waals surface area contributed by atoms with Crippen LogP contribution in [0, 0.1) is 0 Å². The van der Waals surface area contributed by atoms with Gasteiger partial charge in [-0.15, -0.1) is 5.10 Å². The molecule has 3 heterocycles. The van der Waals surface area contributed by atoms with Crippen molar-refractivity contribution in [2.75, 3.05) is 19.6 Å². The summed E-state index contributed by atoms with van der Waals surface area (Å²) in [5, 5.41) is 15.8. The Balaban J connectivity index is 1.60. The third-order valence-corrected chi connectivity index (χ3v) is 5.38. The molecule has 1 aliphatic heterocycles. The lowest BCUT2D eigenvalue weighted by Gasteiger charge is -2.24. The molecule has 0 radical (unpaired) electrons. The predicted molar refractivity (Wildman–Crippen MR) is 114 cm³/mol. The maximum absolute atomic E-state index is 5.56. The van der Waals surface area contributed by atoms with Gasteiger partial charge in [-0.1, -0.05) is 19.1 Å². The first kappa shape index (κ1) is 18.1. The van der Waals surface area contributed by atoms with Crippen LogP contribution in [0.4, 0.5) is 0 Å². The zero-order valence-electron chi connectivity index (χ0n) is 15.0. The second kappa shape index (κ2) is 8.18. The molecule has 0 saturated heterocycles. The number of aromatic nitrogens is 4. The summed E-state index contributed by atoms with van der Waals surface area (Å²) in [5.74, 6) is 0.756. The molecule has 0 aliphatic carbocycles. The van der Waals surface area contributed by atoms with Crippen molar-refractivity contribution in [3.63, 3.8) is 0 Å². The van der Waals surface area contributed by atoms with Crippen LogP contribution in [-0.4, -0.2) is 44.9 Å². The second-order valence-electron chi connectivity index (χ2n) is 6.45. The molecule has 0 unspecified atom stereocenters. The number of nitrogens with zero attached hydrogens (tertiary/aromatic N) is 4. The van der Waals surface area contributed by atoms with Crippen molar-refractivity contribution in [3.8, 4) is 28.1 Å². The van der Waals surface area contributed by atoms with Crippen molar-refractivity contribution in [2.45, 2.75) is 13.3 Å². The number of likely N-dealkylation sites (N-methyl/N-ethyl adjacent to an activating group) is 1. The van der Waals surface area contributed by atoms with Crippen molar-refractivity contribution in [1.82, 2.24) is 25.3 Å². The topological polar surface area (TPSA) is 66.9 Å². The van der Waals surface area contributed by atoms with Crippen molar-refractivity contribution in [2.24, 2.45) is 0 Å². The molecule has 0 bridgehead atoms. The van der Waals surface area contributed by atoms with Gasteiger partial charge in [-0.2, -0.15) is 10.2 Å². The zero-order chi connectivity index (χ0) is 18.6. The Labute approximate surface area is 172 Å². The highest BCUT2D eigenvalue weighted by Crippen LogP contribution is 2.34. The molecule has 3 aromatic rings. The van der Waals surface area contributed by atoms with E-state index in [2.05, 4.69) is 44.4 Å². The van der Waals surface area contributed by atoms with Gasteiger partial charge in [-0.25, -0.2) is 0 Å². The van der Waals surface area contributed by atoms with Crippen LogP contribution in [0.15, 0.2) is 48.8 Å². The molecule has 1 N–H and O–H groups in total. The molecule has 27 heavy (non-hydrogen) atoms. The fourth-order valence-corrected chi connectivity index (χ4v) is 3.63. The molecule has 6 nitrogen and oxygen atoms in total. The Hall–Kier alpha value is -2.26. The van der Waals surface area contributed by atoms with E-state index in [-0.39, 0.29) is 0 Å². The van der Waals surface area contributed by atoms with E-state index < -0.39 is 0 Å². The molecule has 0 fully saturated rings. The van der Waals surface area contributed by atoms with Gasteiger partial charge in [0, 0.05) is 30.4 Å². The summed E-state index contributed by atoms with van der Waals surface area (Å²) < 4.78 is 5.56. The van der Waals surface area contributed by atoms with E-state index in [1.54, 1.807) is 6.20 Å². The highest BCUT2D eigenvalue weighted by molar-refractivity contribution is 14.1. The summed E-state index contributed by atoms with van der Waals surface area (Å²) in [6, 6.07) is 10.1. The number of benzene rings is 1. The predicted octanol–water partition coefficient (Wildman–Crippen LogP) is 4.37. The summed E-state index contributed by atoms with van der Waals surface area (Å²) in [6.45, 7) is 5.34. The summed E-state index contributed by atoms with van der Waals surface area (Å²) >= 11 is 1.90. The first-order valence-electron chi connectivity index (χ1n) is 8.96. The Morgan fingerprint density at radius 3 is 2.63 bits per heavy atom. The molecule has 7 heteroatoms. The molecule has 0 amide bonds. The molecular formula is C20H20IN5O. The van der Waals surface area contributed by atoms with Gasteiger partial charge in [0.15, 0.2) is 23.0 Å². The van der Waals surface area contributed by atoms with Crippen molar-refractivity contribution in [3.05, 3.63) is 54.5 Å². The van der Waals surface area contributed by atoms with E-state index >= 15 is 0 Å². The second-order valence-corrected chi connectivity index (χ2v) is 6.89. The number of H-pyrrole nitrogens is 1. The average Bonchev–Trinajstić information content (AvgIpc) is 3.28. The van der Waals surface area contributed by atoms with Crippen LogP contribution in [0.5, 0.6) is 5.75 Å². The Morgan fingerprint density at radius 1 is 1.15 bits per heavy atom. The summed E-state index contributed by atoms with van der Waals surface area (Å²) in [7, 11) is 0. The molecule has 0 atom stereocenters. The van der Waals surface area contributed by atoms with Crippen LogP contribution < -0.4 is 3.07 Å². The fourth-order valence-electron chi connectivity index (χ4n) is 3.26. The summed E-state index contributed by atoms with van der Waals surface area (Å²) in [5.41, 5.74) is 6.02. The molecular weight excluding hydrogens is 453 g/mol. The van der Waals surface area contributed by atoms with Crippen LogP contribution >= 0.6 is 23.0 Å². The minimum Gasteiger partial charge on any atom is -0.427 e. The van der Waals surface area contributed by atoms with Gasteiger partial charge < -0.3 is 3.07 Å². The Bertz CT molecular complexity index is 938. The normalized spacial score (nSPS) is 14.8. The van der Waals surface area contributed by atoms with Crippen LogP contribution in [0.1, 0.15) is 19.0 Å². The van der Waals surface area contributed by atoms with E-state index in [9.17, 15) is 0 Å². The first-order chi connectivity index (χ1) is 13.3. The smallest absolute Gasteiger partial charge is 0.192 e. The van der Waals surface area contributed by atoms with Crippen LogP contribution in [0.2, 0.25) is 0 Å². The molecule has 0 spiro atoms. The largest absolute Gasteiger partial charge is 0.427 e. The van der Waals surface area contributed by atoms with Gasteiger partial charge in [0.1, 0.15) is 5.75 Å². The number of rotatable bonds is 5. The van der Waals surface area contributed by atoms with E-state index in [4.69, 9.17) is 3.07 Å². The first-order valence-corrected chi connectivity index (χ1v) is 9.84. The van der Waals surface area contributed by atoms with Crippen LogP contribution in [0.25, 0.3) is 28.0 Å². The Kier molecular flexibility index (Phi) is 5.49. The van der Waals surface area contributed by atoms with Crippen molar-refractivity contribution in [1.29, 1.82) is 0 Å². The average molecular weight is 473 g/mol. The molecule has 138 valence electrons. The standard InChI is InChI=1S/C20H20IN5O/c1-2-26-9-7-14(8-10-26)18-5-6-19(25-24-18)17-4-3-15(11-20(17)27-21)16-12-22-23-13-16/h3-7,11-13H,2,8-10H2,1H3,(H,22,23). The van der Waals surface area contributed by atoms with Crippen molar-refractivity contribution >= 4 is 28.6 Å². The van der Waals surface area contributed by atoms with Gasteiger partial charge >= 0.3 is 0 Å². The van der Waals surface area contributed by atoms with Gasteiger partial charge in [0.25, 0.3) is 0 Å². The van der Waals surface area contributed by atoms with Gasteiger partial charge in [-0.3, -0.25) is 10.00 Å². The Morgan fingerprint density at radius 2 is 2.00 bits per heavy atom. The third-order valence-electron chi connectivity index (χ3n) is 4.91. The van der Waals surface area contributed by atoms with Gasteiger partial charge in [0.2, 0.25) is 0 Å². The number of halogens is 1. The van der Waals surface area contributed by atoms with E-state index in [1.807, 2.05) is 53.5 Å². The van der Waals surface area contributed by atoms with Gasteiger partial charge in [0.05, 0.1) is 17.6 Å². The SMILES string of the molecule is CCN1CC=C(c2ccc(-c3ccc(-c4cn[nH]c4)cc3OI)nn2)CC1. The number of aromatic amines is 1. The monoisotopic (exact) mass is 473 g/mol. The number of hydrogen-bond acceptors (Lipinski definition) is 5. The van der Waals surface area contributed by atoms with E-state index in [0.29, 0.717) is 0 Å². The maximum atomic E-state index is 5.56. The lowest BCUT2D eigenvalue weighted by atomic mass is 10.0. The molecule has 2 aromatic heterocycles. The lowest BCUT2D eigenvalue weighted by Crippen LogP contribution is -2.28. The molecule has 4 rings (SSSR count). The molecule has 0 saturated carbocycles. The molecule has 1 aromatic carbocycles. The van der Waals surface area contributed by atoms with Crippen LogP contribution in [0.3, 0.4) is 0 Å². The fraction of sp³-hybridized carbons (Fsp3) is 0.250. The minimum atomic E-state index is 0.756. The lowest BCUT2D eigenvalue weighted by molar-refractivity contribution is 0.318. The summed E-state index contributed by atoms with van der Waals surface area (Å²) in [4.78, 5) is 2.41. The summed E-state index contributed by atoms with van der Waals surface area (Å²) in [6.07, 6.45) is 6.93. The maximum Gasteiger partial charge on any atom is 0.192 e. The van der Waals surface area contributed by atoms with E-state index in [0.717, 1.165) is 59.9 Å².